The second-order valence-electron chi connectivity index (χ2n) is 4.61. The van der Waals surface area contributed by atoms with Crippen molar-refractivity contribution in [2.45, 2.75) is 6.42 Å². The maximum absolute atomic E-state index is 7.37. The fourth-order valence-electron chi connectivity index (χ4n) is 2.06. The quantitative estimate of drug-likeness (QED) is 0.575. The largest absolute Gasteiger partial charge is 0.388 e. The zero-order valence-corrected chi connectivity index (χ0v) is 11.8. The highest BCUT2D eigenvalue weighted by atomic mass is 16.5. The van der Waals surface area contributed by atoms with Gasteiger partial charge in [0.15, 0.2) is 5.82 Å². The predicted molar refractivity (Wildman–Crippen MR) is 79.1 cm³/mol. The number of amidine groups is 1. The monoisotopic (exact) mass is 276 g/mol. The van der Waals surface area contributed by atoms with Crippen LogP contribution in [0.15, 0.2) is 18.6 Å². The van der Waals surface area contributed by atoms with Gasteiger partial charge in [-0.15, -0.1) is 0 Å². The molecule has 0 fully saturated rings. The van der Waals surface area contributed by atoms with Gasteiger partial charge in [-0.25, -0.2) is 9.97 Å². The minimum absolute atomic E-state index is 0.167. The summed E-state index contributed by atoms with van der Waals surface area (Å²) in [7, 11) is 3.62. The topological polar surface area (TPSA) is 93.1 Å². The molecule has 3 N–H and O–H groups in total. The standard InChI is InChI=1S/C13H20N6O/c1-18-9-17-12-10(18)3-5-16-13(12)19(7-8-20-2)6-4-11(14)15/h3,5,9H,4,6-8H2,1-2H3,(H3,14,15). The van der Waals surface area contributed by atoms with Gasteiger partial charge in [-0.2, -0.15) is 0 Å². The van der Waals surface area contributed by atoms with Crippen molar-refractivity contribution < 1.29 is 4.74 Å². The van der Waals surface area contributed by atoms with Crippen molar-refractivity contribution in [3.8, 4) is 0 Å². The van der Waals surface area contributed by atoms with Gasteiger partial charge in [0.2, 0.25) is 0 Å². The number of hydrogen-bond donors (Lipinski definition) is 2. The van der Waals surface area contributed by atoms with Crippen LogP contribution in [0.2, 0.25) is 0 Å². The summed E-state index contributed by atoms with van der Waals surface area (Å²) in [6.07, 6.45) is 4.04. The lowest BCUT2D eigenvalue weighted by molar-refractivity contribution is 0.205. The summed E-state index contributed by atoms with van der Waals surface area (Å²) in [5, 5.41) is 7.37. The van der Waals surface area contributed by atoms with Gasteiger partial charge < -0.3 is 19.9 Å². The molecule has 20 heavy (non-hydrogen) atoms. The molecule has 2 rings (SSSR count). The van der Waals surface area contributed by atoms with E-state index in [-0.39, 0.29) is 5.84 Å². The van der Waals surface area contributed by atoms with E-state index in [0.717, 1.165) is 16.9 Å². The molecular weight excluding hydrogens is 256 g/mol. The van der Waals surface area contributed by atoms with Crippen LogP contribution in [-0.4, -0.2) is 47.2 Å². The van der Waals surface area contributed by atoms with Crippen molar-refractivity contribution in [2.75, 3.05) is 31.7 Å². The van der Waals surface area contributed by atoms with Crippen LogP contribution in [0.4, 0.5) is 5.82 Å². The molecule has 0 atom stereocenters. The van der Waals surface area contributed by atoms with Crippen LogP contribution < -0.4 is 10.6 Å². The zero-order chi connectivity index (χ0) is 14.5. The molecule has 0 unspecified atom stereocenters. The third-order valence-electron chi connectivity index (χ3n) is 3.14. The van der Waals surface area contributed by atoms with Crippen molar-refractivity contribution in [1.29, 1.82) is 5.41 Å². The van der Waals surface area contributed by atoms with Gasteiger partial charge in [-0.1, -0.05) is 0 Å². The molecule has 0 bridgehead atoms. The molecule has 0 radical (unpaired) electrons. The number of rotatable bonds is 7. The van der Waals surface area contributed by atoms with Gasteiger partial charge in [0.25, 0.3) is 0 Å². The number of nitrogens with one attached hydrogen (secondary N) is 1. The Balaban J connectivity index is 2.31. The molecule has 0 aliphatic heterocycles. The Hall–Kier alpha value is -2.15. The number of fused-ring (bicyclic) bond motifs is 1. The normalized spacial score (nSPS) is 10.9. The average molecular weight is 276 g/mol. The fraction of sp³-hybridized carbons (Fsp3) is 0.462. The number of pyridine rings is 1. The van der Waals surface area contributed by atoms with Gasteiger partial charge in [-0.05, 0) is 6.07 Å². The third-order valence-corrected chi connectivity index (χ3v) is 3.14. The lowest BCUT2D eigenvalue weighted by Gasteiger charge is -2.23. The maximum Gasteiger partial charge on any atom is 0.156 e. The number of imidazole rings is 1. The molecule has 0 aliphatic carbocycles. The van der Waals surface area contributed by atoms with Crippen LogP contribution in [0.5, 0.6) is 0 Å². The van der Waals surface area contributed by atoms with Gasteiger partial charge in [-0.3, -0.25) is 5.41 Å². The molecule has 0 saturated carbocycles. The molecular formula is C13H20N6O. The molecule has 0 aromatic carbocycles. The van der Waals surface area contributed by atoms with E-state index in [4.69, 9.17) is 15.9 Å². The lowest BCUT2D eigenvalue weighted by Crippen LogP contribution is -2.31. The van der Waals surface area contributed by atoms with E-state index in [1.54, 1.807) is 19.6 Å². The Kier molecular flexibility index (Phi) is 4.52. The van der Waals surface area contributed by atoms with Gasteiger partial charge in [0.1, 0.15) is 5.52 Å². The molecule has 2 heterocycles. The van der Waals surface area contributed by atoms with Crippen molar-refractivity contribution in [3.05, 3.63) is 18.6 Å². The summed E-state index contributed by atoms with van der Waals surface area (Å²) < 4.78 is 7.10. The van der Waals surface area contributed by atoms with Crippen LogP contribution >= 0.6 is 0 Å². The Morgan fingerprint density at radius 2 is 2.25 bits per heavy atom. The zero-order valence-electron chi connectivity index (χ0n) is 11.8. The first-order valence-electron chi connectivity index (χ1n) is 6.46. The van der Waals surface area contributed by atoms with Crippen LogP contribution in [0, 0.1) is 5.41 Å². The van der Waals surface area contributed by atoms with E-state index in [1.807, 2.05) is 17.7 Å². The molecule has 2 aromatic rings. The number of aromatic nitrogens is 3. The van der Waals surface area contributed by atoms with Gasteiger partial charge in [0.05, 0.1) is 24.3 Å². The number of nitrogens with zero attached hydrogens (tertiary/aromatic N) is 4. The second kappa shape index (κ2) is 6.33. The SMILES string of the molecule is COCCN(CCC(=N)N)c1nccc2c1ncn2C. The Labute approximate surface area is 117 Å². The molecule has 0 spiro atoms. The van der Waals surface area contributed by atoms with Crippen molar-refractivity contribution in [1.82, 2.24) is 14.5 Å². The van der Waals surface area contributed by atoms with Crippen LogP contribution in [0.3, 0.4) is 0 Å². The summed E-state index contributed by atoms with van der Waals surface area (Å²) in [6, 6.07) is 1.94. The van der Waals surface area contributed by atoms with E-state index in [0.29, 0.717) is 26.1 Å². The van der Waals surface area contributed by atoms with Crippen molar-refractivity contribution in [3.63, 3.8) is 0 Å². The van der Waals surface area contributed by atoms with Gasteiger partial charge in [0, 0.05) is 39.9 Å². The first-order valence-corrected chi connectivity index (χ1v) is 6.46. The highest BCUT2D eigenvalue weighted by molar-refractivity contribution is 5.86. The second-order valence-corrected chi connectivity index (χ2v) is 4.61. The maximum atomic E-state index is 7.37. The number of aryl methyl sites for hydroxylation is 1. The highest BCUT2D eigenvalue weighted by Gasteiger charge is 2.14. The molecule has 0 amide bonds. The Morgan fingerprint density at radius 1 is 1.45 bits per heavy atom. The van der Waals surface area contributed by atoms with Crippen LogP contribution in [0.25, 0.3) is 11.0 Å². The average Bonchev–Trinajstić information content (AvgIpc) is 2.81. The molecule has 7 heteroatoms. The van der Waals surface area contributed by atoms with Crippen LogP contribution in [0.1, 0.15) is 6.42 Å². The first-order chi connectivity index (χ1) is 9.63. The van der Waals surface area contributed by atoms with E-state index in [2.05, 4.69) is 14.9 Å². The fourth-order valence-corrected chi connectivity index (χ4v) is 2.06. The third kappa shape index (κ3) is 3.05. The van der Waals surface area contributed by atoms with Gasteiger partial charge >= 0.3 is 0 Å². The summed E-state index contributed by atoms with van der Waals surface area (Å²) in [5.74, 6) is 0.974. The molecule has 108 valence electrons. The number of hydrogen-bond acceptors (Lipinski definition) is 5. The van der Waals surface area contributed by atoms with E-state index >= 15 is 0 Å². The van der Waals surface area contributed by atoms with Crippen molar-refractivity contribution in [2.24, 2.45) is 12.8 Å². The number of ether oxygens (including phenoxy) is 1. The smallest absolute Gasteiger partial charge is 0.156 e. The van der Waals surface area contributed by atoms with E-state index in [9.17, 15) is 0 Å². The Morgan fingerprint density at radius 3 is 2.95 bits per heavy atom. The number of nitrogens with two attached hydrogens (primary N) is 1. The lowest BCUT2D eigenvalue weighted by atomic mass is 10.3. The van der Waals surface area contributed by atoms with Crippen LogP contribution in [-0.2, 0) is 11.8 Å². The summed E-state index contributed by atoms with van der Waals surface area (Å²) in [6.45, 7) is 1.90. The molecule has 2 aromatic heterocycles. The molecule has 0 saturated heterocycles. The predicted octanol–water partition coefficient (Wildman–Crippen LogP) is 0.747. The minimum Gasteiger partial charge on any atom is -0.388 e. The Bertz CT molecular complexity index is 594. The number of anilines is 1. The summed E-state index contributed by atoms with van der Waals surface area (Å²) in [5.41, 5.74) is 7.33. The van der Waals surface area contributed by atoms with E-state index in [1.165, 1.54) is 0 Å². The summed E-state index contributed by atoms with van der Waals surface area (Å²) in [4.78, 5) is 10.9. The van der Waals surface area contributed by atoms with E-state index < -0.39 is 0 Å². The summed E-state index contributed by atoms with van der Waals surface area (Å²) >= 11 is 0. The molecule has 0 aliphatic rings. The number of methoxy groups -OCH3 is 1. The highest BCUT2D eigenvalue weighted by Crippen LogP contribution is 2.22. The van der Waals surface area contributed by atoms with Crippen molar-refractivity contribution >= 4 is 22.7 Å². The minimum atomic E-state index is 0.167. The first kappa shape index (κ1) is 14.3. The molecule has 7 nitrogen and oxygen atoms in total.